The summed E-state index contributed by atoms with van der Waals surface area (Å²) in [5.74, 6) is -1.23. The number of ether oxygens (including phenoxy) is 2. The molecular formula is C13H13F3N2O5. The molecule has 0 saturated heterocycles. The molecule has 0 aromatic heterocycles. The Kier molecular flexibility index (Phi) is 5.06. The molecular weight excluding hydrogens is 321 g/mol. The van der Waals surface area contributed by atoms with E-state index in [4.69, 9.17) is 9.94 Å². The fourth-order valence-corrected chi connectivity index (χ4v) is 2.02. The van der Waals surface area contributed by atoms with Gasteiger partial charge in [0.2, 0.25) is 5.91 Å². The van der Waals surface area contributed by atoms with E-state index in [9.17, 15) is 22.8 Å². The van der Waals surface area contributed by atoms with Gasteiger partial charge in [0.15, 0.2) is 0 Å². The molecule has 2 amide bonds. The number of nitrogens with zero attached hydrogens (tertiary/aromatic N) is 1. The van der Waals surface area contributed by atoms with Gasteiger partial charge in [-0.05, 0) is 12.1 Å². The Balaban J connectivity index is 2.09. The van der Waals surface area contributed by atoms with E-state index < -0.39 is 24.8 Å². The van der Waals surface area contributed by atoms with Crippen LogP contribution in [0, 0.1) is 0 Å². The minimum atomic E-state index is -4.87. The van der Waals surface area contributed by atoms with Crippen LogP contribution in [0.25, 0.3) is 0 Å². The number of nitrogens with one attached hydrogen (secondary N) is 1. The van der Waals surface area contributed by atoms with Crippen LogP contribution < -0.4 is 10.2 Å². The summed E-state index contributed by atoms with van der Waals surface area (Å²) in [6.07, 6.45) is -4.87. The van der Waals surface area contributed by atoms with Gasteiger partial charge in [-0.15, -0.1) is 13.2 Å². The fraction of sp³-hybridized carbons (Fsp3) is 0.385. The Bertz CT molecular complexity index is 606. The first-order chi connectivity index (χ1) is 10.8. The summed E-state index contributed by atoms with van der Waals surface area (Å²) in [5.41, 5.74) is 2.15. The molecule has 0 radical (unpaired) electrons. The number of hydrogen-bond donors (Lipinski definition) is 2. The number of hydrogen-bond acceptors (Lipinski definition) is 5. The third-order valence-corrected chi connectivity index (χ3v) is 3.12. The maximum absolute atomic E-state index is 12.0. The highest BCUT2D eigenvalue weighted by molar-refractivity contribution is 5.93. The van der Waals surface area contributed by atoms with Crippen LogP contribution in [0.2, 0.25) is 0 Å². The van der Waals surface area contributed by atoms with Crippen molar-refractivity contribution < 1.29 is 37.4 Å². The first-order valence-electron chi connectivity index (χ1n) is 6.49. The quantitative estimate of drug-likeness (QED) is 0.638. The number of amides is 2. The van der Waals surface area contributed by atoms with Gasteiger partial charge in [-0.3, -0.25) is 19.5 Å². The molecule has 0 bridgehead atoms. The minimum Gasteiger partial charge on any atom is -0.491 e. The smallest absolute Gasteiger partial charge is 0.491 e. The molecule has 1 aromatic carbocycles. The molecule has 126 valence electrons. The molecule has 10 heteroatoms. The number of fused-ring (bicyclic) bond motifs is 1. The molecule has 1 aliphatic rings. The summed E-state index contributed by atoms with van der Waals surface area (Å²) in [7, 11) is 0. The van der Waals surface area contributed by atoms with Crippen molar-refractivity contribution in [1.82, 2.24) is 10.4 Å². The van der Waals surface area contributed by atoms with E-state index in [1.54, 1.807) is 0 Å². The SMILES string of the molecule is O=C(NO)c1ccc2c(c1)OCCN(C(=O)COC(F)(F)F)C2. The Labute approximate surface area is 128 Å². The second-order valence-electron chi connectivity index (χ2n) is 4.66. The topological polar surface area (TPSA) is 88.1 Å². The van der Waals surface area contributed by atoms with E-state index in [2.05, 4.69) is 4.74 Å². The highest BCUT2D eigenvalue weighted by atomic mass is 19.4. The molecule has 7 nitrogen and oxygen atoms in total. The van der Waals surface area contributed by atoms with Crippen LogP contribution in [0.3, 0.4) is 0 Å². The lowest BCUT2D eigenvalue weighted by Crippen LogP contribution is -2.36. The third-order valence-electron chi connectivity index (χ3n) is 3.12. The molecule has 0 spiro atoms. The zero-order chi connectivity index (χ0) is 17.0. The predicted molar refractivity (Wildman–Crippen MR) is 68.6 cm³/mol. The Morgan fingerprint density at radius 1 is 1.39 bits per heavy atom. The van der Waals surface area contributed by atoms with Crippen molar-refractivity contribution in [1.29, 1.82) is 0 Å². The second-order valence-corrected chi connectivity index (χ2v) is 4.66. The standard InChI is InChI=1S/C13H13F3N2O5/c14-13(15,16)23-7-11(19)18-3-4-22-10-5-8(12(20)17-21)1-2-9(10)6-18/h1-2,5,21H,3-4,6-7H2,(H,17,20). The van der Waals surface area contributed by atoms with E-state index in [0.29, 0.717) is 11.3 Å². The van der Waals surface area contributed by atoms with Crippen molar-refractivity contribution >= 4 is 11.8 Å². The predicted octanol–water partition coefficient (Wildman–Crippen LogP) is 1.06. The van der Waals surface area contributed by atoms with Gasteiger partial charge in [-0.1, -0.05) is 6.07 Å². The number of carbonyl (C=O) groups is 2. The van der Waals surface area contributed by atoms with Crippen LogP contribution >= 0.6 is 0 Å². The lowest BCUT2D eigenvalue weighted by molar-refractivity contribution is -0.321. The molecule has 2 N–H and O–H groups in total. The van der Waals surface area contributed by atoms with Crippen molar-refractivity contribution in [3.05, 3.63) is 29.3 Å². The maximum atomic E-state index is 12.0. The summed E-state index contributed by atoms with van der Waals surface area (Å²) < 4.78 is 44.9. The van der Waals surface area contributed by atoms with Crippen molar-refractivity contribution in [2.75, 3.05) is 19.8 Å². The van der Waals surface area contributed by atoms with E-state index >= 15 is 0 Å². The lowest BCUT2D eigenvalue weighted by atomic mass is 10.1. The number of hydroxylamine groups is 1. The van der Waals surface area contributed by atoms with Crippen molar-refractivity contribution in [2.24, 2.45) is 0 Å². The highest BCUT2D eigenvalue weighted by Crippen LogP contribution is 2.25. The third kappa shape index (κ3) is 4.57. The normalized spacial score (nSPS) is 14.5. The number of halogens is 3. The lowest BCUT2D eigenvalue weighted by Gasteiger charge is -2.20. The number of benzene rings is 1. The largest absolute Gasteiger partial charge is 0.523 e. The average molecular weight is 334 g/mol. The second kappa shape index (κ2) is 6.84. The monoisotopic (exact) mass is 334 g/mol. The van der Waals surface area contributed by atoms with Crippen LogP contribution in [0.4, 0.5) is 13.2 Å². The number of carbonyl (C=O) groups excluding carboxylic acids is 2. The molecule has 0 aliphatic carbocycles. The van der Waals surface area contributed by atoms with Gasteiger partial charge in [0.25, 0.3) is 5.91 Å². The van der Waals surface area contributed by atoms with Crippen LogP contribution in [0.5, 0.6) is 5.75 Å². The number of alkyl halides is 3. The zero-order valence-corrected chi connectivity index (χ0v) is 11.7. The van der Waals surface area contributed by atoms with Gasteiger partial charge < -0.3 is 9.64 Å². The Morgan fingerprint density at radius 2 is 2.13 bits per heavy atom. The van der Waals surface area contributed by atoms with E-state index in [1.807, 2.05) is 0 Å². The van der Waals surface area contributed by atoms with Gasteiger partial charge in [-0.2, -0.15) is 0 Å². The van der Waals surface area contributed by atoms with Gasteiger partial charge >= 0.3 is 6.36 Å². The molecule has 2 rings (SSSR count). The van der Waals surface area contributed by atoms with Gasteiger partial charge in [0.1, 0.15) is 19.0 Å². The van der Waals surface area contributed by atoms with Crippen molar-refractivity contribution in [3.8, 4) is 5.75 Å². The first kappa shape index (κ1) is 17.0. The zero-order valence-electron chi connectivity index (χ0n) is 11.7. The molecule has 1 heterocycles. The van der Waals surface area contributed by atoms with E-state index in [-0.39, 0.29) is 25.3 Å². The van der Waals surface area contributed by atoms with Crippen LogP contribution in [-0.4, -0.2) is 48.0 Å². The maximum Gasteiger partial charge on any atom is 0.523 e. The molecule has 23 heavy (non-hydrogen) atoms. The molecule has 1 aliphatic heterocycles. The fourth-order valence-electron chi connectivity index (χ4n) is 2.02. The first-order valence-corrected chi connectivity index (χ1v) is 6.49. The van der Waals surface area contributed by atoms with Crippen LogP contribution in [0.1, 0.15) is 15.9 Å². The number of rotatable bonds is 3. The summed E-state index contributed by atoms with van der Waals surface area (Å²) in [6, 6.07) is 4.27. The van der Waals surface area contributed by atoms with Crippen molar-refractivity contribution in [2.45, 2.75) is 12.9 Å². The molecule has 0 saturated carbocycles. The molecule has 0 fully saturated rings. The summed E-state index contributed by atoms with van der Waals surface area (Å²) >= 11 is 0. The Morgan fingerprint density at radius 3 is 2.78 bits per heavy atom. The summed E-state index contributed by atoms with van der Waals surface area (Å²) in [6.45, 7) is -0.953. The van der Waals surface area contributed by atoms with Gasteiger partial charge in [-0.25, -0.2) is 5.48 Å². The van der Waals surface area contributed by atoms with Gasteiger partial charge in [0.05, 0.1) is 6.54 Å². The highest BCUT2D eigenvalue weighted by Gasteiger charge is 2.31. The molecule has 0 atom stereocenters. The molecule has 0 unspecified atom stereocenters. The van der Waals surface area contributed by atoms with E-state index in [1.165, 1.54) is 28.6 Å². The minimum absolute atomic E-state index is 0.0242. The average Bonchev–Trinajstić information content (AvgIpc) is 2.72. The summed E-state index contributed by atoms with van der Waals surface area (Å²) in [5, 5.41) is 8.59. The van der Waals surface area contributed by atoms with Gasteiger partial charge in [0, 0.05) is 17.7 Å². The molecule has 1 aromatic rings. The Hall–Kier alpha value is -2.33. The van der Waals surface area contributed by atoms with Crippen molar-refractivity contribution in [3.63, 3.8) is 0 Å². The van der Waals surface area contributed by atoms with E-state index in [0.717, 1.165) is 0 Å². The van der Waals surface area contributed by atoms with Crippen LogP contribution in [-0.2, 0) is 16.1 Å². The van der Waals surface area contributed by atoms with Crippen LogP contribution in [0.15, 0.2) is 18.2 Å². The summed E-state index contributed by atoms with van der Waals surface area (Å²) in [4.78, 5) is 24.3.